The number of rotatable bonds is 4. The Morgan fingerprint density at radius 3 is 2.29 bits per heavy atom. The third kappa shape index (κ3) is 7.39. The highest BCUT2D eigenvalue weighted by molar-refractivity contribution is 9.10. The van der Waals surface area contributed by atoms with E-state index in [0.29, 0.717) is 25.6 Å². The number of likely N-dealkylation sites (tertiary alicyclic amines) is 1. The van der Waals surface area contributed by atoms with E-state index in [-0.39, 0.29) is 5.91 Å². The van der Waals surface area contributed by atoms with Gasteiger partial charge in [-0.05, 0) is 63.0 Å². The zero-order valence-electron chi connectivity index (χ0n) is 24.9. The number of carbonyl (C=O) groups excluding carboxylic acids is 1. The van der Waals surface area contributed by atoms with Crippen LogP contribution in [0.4, 0.5) is 11.5 Å². The van der Waals surface area contributed by atoms with E-state index in [4.69, 9.17) is 20.0 Å². The highest BCUT2D eigenvalue weighted by Gasteiger charge is 2.29. The molecule has 3 aliphatic rings. The second-order valence-corrected chi connectivity index (χ2v) is 11.4. The summed E-state index contributed by atoms with van der Waals surface area (Å²) in [7, 11) is 3.78. The quantitative estimate of drug-likeness (QED) is 0.369. The summed E-state index contributed by atoms with van der Waals surface area (Å²) in [5, 5.41) is 9.74. The van der Waals surface area contributed by atoms with Crippen LogP contribution in [0.1, 0.15) is 31.0 Å². The van der Waals surface area contributed by atoms with Gasteiger partial charge in [0.2, 0.25) is 5.91 Å². The Labute approximate surface area is 257 Å². The van der Waals surface area contributed by atoms with E-state index < -0.39 is 0 Å². The monoisotopic (exact) mass is 633 g/mol. The average molecular weight is 635 g/mol. The average Bonchev–Trinajstić information content (AvgIpc) is 3.51. The van der Waals surface area contributed by atoms with Crippen molar-refractivity contribution in [2.45, 2.75) is 32.7 Å². The highest BCUT2D eigenvalue weighted by Crippen LogP contribution is 2.37. The van der Waals surface area contributed by atoms with Gasteiger partial charge < -0.3 is 24.3 Å². The number of nitriles is 1. The van der Waals surface area contributed by atoms with Crippen LogP contribution in [0.15, 0.2) is 53.5 Å². The molecule has 6 rings (SSSR count). The molecule has 222 valence electrons. The number of methoxy groups -OCH3 is 1. The fraction of sp³-hybridized carbons (Fsp3) is 0.438. The van der Waals surface area contributed by atoms with Gasteiger partial charge in [0, 0.05) is 60.8 Å². The molecule has 0 unspecified atom stereocenters. The van der Waals surface area contributed by atoms with Gasteiger partial charge in [-0.25, -0.2) is 0 Å². The summed E-state index contributed by atoms with van der Waals surface area (Å²) >= 11 is 3.74. The van der Waals surface area contributed by atoms with E-state index in [1.54, 1.807) is 13.2 Å². The Morgan fingerprint density at radius 2 is 1.69 bits per heavy atom. The number of benzene rings is 2. The molecular formula is C32H40BrN7O2. The summed E-state index contributed by atoms with van der Waals surface area (Å²) in [6.07, 6.45) is 5.06. The number of nitrogens with zero attached hydrogens (tertiary/aromatic N) is 7. The van der Waals surface area contributed by atoms with Crippen molar-refractivity contribution < 1.29 is 9.53 Å². The van der Waals surface area contributed by atoms with E-state index in [0.717, 1.165) is 42.0 Å². The Morgan fingerprint density at radius 1 is 1.02 bits per heavy atom. The first-order valence-corrected chi connectivity index (χ1v) is 15.2. The van der Waals surface area contributed by atoms with Gasteiger partial charge in [0.05, 0.1) is 25.4 Å². The first-order valence-electron chi connectivity index (χ1n) is 14.4. The Hall–Kier alpha value is -3.68. The molecule has 2 saturated heterocycles. The Bertz CT molecular complexity index is 1420. The molecule has 1 aromatic heterocycles. The predicted molar refractivity (Wildman–Crippen MR) is 172 cm³/mol. The lowest BCUT2D eigenvalue weighted by molar-refractivity contribution is -0.126. The summed E-state index contributed by atoms with van der Waals surface area (Å²) in [6, 6.07) is 14.8. The Balaban J connectivity index is 0.000000390. The van der Waals surface area contributed by atoms with Crippen molar-refractivity contribution in [2.75, 3.05) is 69.8 Å². The lowest BCUT2D eigenvalue weighted by Gasteiger charge is -2.38. The van der Waals surface area contributed by atoms with Crippen molar-refractivity contribution in [2.24, 2.45) is 0 Å². The van der Waals surface area contributed by atoms with Crippen molar-refractivity contribution in [3.8, 4) is 12.1 Å². The number of piperazine rings is 1. The minimum Gasteiger partial charge on any atom is -0.467 e. The molecule has 9 nitrogen and oxygen atoms in total. The van der Waals surface area contributed by atoms with Gasteiger partial charge in [-0.1, -0.05) is 46.8 Å². The van der Waals surface area contributed by atoms with Crippen molar-refractivity contribution in [3.63, 3.8) is 0 Å². The standard InChI is InChI=1S/C25H26BrN5O2.C5H11N.C2H3N/c1-3-22(32)29-12-14-30(15-13-29)24-18-10-11-31(16-20(18)27-25(28-24)33-2)21-9-5-7-17-6-4-8-19(26)23(17)21;1-6-4-2-3-5-6;1-2-3/h3-9H,1,10-16H2,2H3;2-5H2,1H3;1H3. The van der Waals surface area contributed by atoms with Gasteiger partial charge in [0.15, 0.2) is 0 Å². The molecule has 2 aromatic carbocycles. The number of halogens is 1. The van der Waals surface area contributed by atoms with Crippen LogP contribution >= 0.6 is 15.9 Å². The summed E-state index contributed by atoms with van der Waals surface area (Å²) < 4.78 is 6.56. The van der Waals surface area contributed by atoms with Crippen LogP contribution in [0.25, 0.3) is 10.8 Å². The third-order valence-electron chi connectivity index (χ3n) is 7.77. The van der Waals surface area contributed by atoms with E-state index >= 15 is 0 Å². The number of amides is 1. The van der Waals surface area contributed by atoms with Crippen molar-refractivity contribution >= 4 is 44.1 Å². The van der Waals surface area contributed by atoms with Crippen LogP contribution in [0.5, 0.6) is 6.01 Å². The van der Waals surface area contributed by atoms with Gasteiger partial charge in [-0.3, -0.25) is 4.79 Å². The van der Waals surface area contributed by atoms with Crippen molar-refractivity contribution in [1.82, 2.24) is 19.8 Å². The predicted octanol–water partition coefficient (Wildman–Crippen LogP) is 5.04. The minimum absolute atomic E-state index is 0.0196. The van der Waals surface area contributed by atoms with E-state index in [1.807, 2.05) is 4.90 Å². The maximum atomic E-state index is 12.0. The SMILES string of the molecule is C=CC(=O)N1CCN(c2nc(OC)nc3c2CCN(c2cccc4cccc(Br)c24)C3)CC1.CC#N.CN1CCCC1. The molecule has 4 heterocycles. The third-order valence-corrected chi connectivity index (χ3v) is 8.43. The first-order chi connectivity index (χ1) is 20.4. The van der Waals surface area contributed by atoms with Gasteiger partial charge in [0.25, 0.3) is 0 Å². The zero-order chi connectivity index (χ0) is 30.1. The summed E-state index contributed by atoms with van der Waals surface area (Å²) in [6.45, 7) is 12.0. The molecule has 0 atom stereocenters. The minimum atomic E-state index is -0.0196. The summed E-state index contributed by atoms with van der Waals surface area (Å²) in [5.41, 5.74) is 3.37. The molecule has 2 fully saturated rings. The molecular weight excluding hydrogens is 594 g/mol. The molecule has 42 heavy (non-hydrogen) atoms. The van der Waals surface area contributed by atoms with Gasteiger partial charge in [0.1, 0.15) is 5.82 Å². The van der Waals surface area contributed by atoms with Gasteiger partial charge in [-0.15, -0.1) is 0 Å². The number of hydrogen-bond acceptors (Lipinski definition) is 8. The molecule has 0 spiro atoms. The number of ether oxygens (including phenoxy) is 1. The first kappa shape index (κ1) is 31.3. The maximum Gasteiger partial charge on any atom is 0.318 e. The van der Waals surface area contributed by atoms with Crippen LogP contribution in [0.3, 0.4) is 0 Å². The summed E-state index contributed by atoms with van der Waals surface area (Å²) in [4.78, 5) is 30.2. The molecule has 0 saturated carbocycles. The lowest BCUT2D eigenvalue weighted by atomic mass is 10.0. The molecule has 0 N–H and O–H groups in total. The fourth-order valence-electron chi connectivity index (χ4n) is 5.63. The largest absolute Gasteiger partial charge is 0.467 e. The molecule has 0 aliphatic carbocycles. The normalized spacial score (nSPS) is 16.4. The topological polar surface area (TPSA) is 88.8 Å². The highest BCUT2D eigenvalue weighted by atomic mass is 79.9. The number of hydrogen-bond donors (Lipinski definition) is 0. The van der Waals surface area contributed by atoms with Crippen LogP contribution in [0, 0.1) is 11.3 Å². The number of aromatic nitrogens is 2. The number of fused-ring (bicyclic) bond motifs is 2. The molecule has 1 amide bonds. The van der Waals surface area contributed by atoms with Crippen LogP contribution in [0.2, 0.25) is 0 Å². The molecule has 10 heteroatoms. The zero-order valence-corrected chi connectivity index (χ0v) is 26.4. The second-order valence-electron chi connectivity index (χ2n) is 10.5. The van der Waals surface area contributed by atoms with Gasteiger partial charge >= 0.3 is 6.01 Å². The van der Waals surface area contributed by atoms with Crippen LogP contribution in [-0.4, -0.2) is 85.6 Å². The molecule has 0 radical (unpaired) electrons. The van der Waals surface area contributed by atoms with E-state index in [9.17, 15) is 4.79 Å². The van der Waals surface area contributed by atoms with Crippen LogP contribution < -0.4 is 14.5 Å². The van der Waals surface area contributed by atoms with Crippen molar-refractivity contribution in [3.05, 3.63) is 64.8 Å². The van der Waals surface area contributed by atoms with E-state index in [1.165, 1.54) is 61.0 Å². The molecule has 0 bridgehead atoms. The maximum absolute atomic E-state index is 12.0. The van der Waals surface area contributed by atoms with Crippen molar-refractivity contribution in [1.29, 1.82) is 5.26 Å². The smallest absolute Gasteiger partial charge is 0.318 e. The Kier molecular flexibility index (Phi) is 11.2. The summed E-state index contributed by atoms with van der Waals surface area (Å²) in [5.74, 6) is 0.912. The lowest BCUT2D eigenvalue weighted by Crippen LogP contribution is -2.49. The number of carbonyl (C=O) groups is 1. The van der Waals surface area contributed by atoms with Crippen LogP contribution in [-0.2, 0) is 17.8 Å². The molecule has 3 aromatic rings. The number of anilines is 2. The second kappa shape index (κ2) is 15.0. The van der Waals surface area contributed by atoms with E-state index in [2.05, 4.69) is 80.7 Å². The van der Waals surface area contributed by atoms with Gasteiger partial charge in [-0.2, -0.15) is 15.2 Å². The molecule has 3 aliphatic heterocycles. The fourth-order valence-corrected chi connectivity index (χ4v) is 6.21.